The molecule has 0 N–H and O–H groups in total. The van der Waals surface area contributed by atoms with Gasteiger partial charge in [-0.1, -0.05) is 27.2 Å². The molecule has 15 heavy (non-hydrogen) atoms. The van der Waals surface area contributed by atoms with Crippen LogP contribution in [0.2, 0.25) is 0 Å². The van der Waals surface area contributed by atoms with E-state index in [0.717, 1.165) is 17.8 Å². The average Bonchev–Trinajstić information content (AvgIpc) is 2.18. The monoisotopic (exact) mass is 244 g/mol. The first-order valence-corrected chi connectivity index (χ1v) is 8.39. The predicted octanol–water partition coefficient (Wildman–Crippen LogP) is 4.65. The standard InChI is InChI=1S/C13H24S2/c1-10(2)12-6-5-11(3)9-13(12)14-7-4-8-15-13/h10-12H,4-9H2,1-3H3. The average molecular weight is 244 g/mol. The van der Waals surface area contributed by atoms with E-state index in [4.69, 9.17) is 0 Å². The Labute approximate surface area is 103 Å². The zero-order valence-corrected chi connectivity index (χ0v) is 11.9. The lowest BCUT2D eigenvalue weighted by atomic mass is 9.76. The van der Waals surface area contributed by atoms with Crippen LogP contribution in [0.15, 0.2) is 0 Å². The number of rotatable bonds is 1. The Balaban J connectivity index is 2.14. The van der Waals surface area contributed by atoms with E-state index in [1.54, 1.807) is 0 Å². The topological polar surface area (TPSA) is 0 Å². The molecule has 0 aromatic carbocycles. The Morgan fingerprint density at radius 1 is 1.13 bits per heavy atom. The van der Waals surface area contributed by atoms with E-state index < -0.39 is 0 Å². The van der Waals surface area contributed by atoms with Crippen molar-refractivity contribution in [1.82, 2.24) is 0 Å². The Hall–Kier alpha value is 0.700. The molecular formula is C13H24S2. The summed E-state index contributed by atoms with van der Waals surface area (Å²) in [4.78, 5) is 0. The summed E-state index contributed by atoms with van der Waals surface area (Å²) in [6.07, 6.45) is 5.83. The maximum Gasteiger partial charge on any atom is 0.0644 e. The van der Waals surface area contributed by atoms with Crippen LogP contribution in [0.5, 0.6) is 0 Å². The zero-order valence-electron chi connectivity index (χ0n) is 10.3. The van der Waals surface area contributed by atoms with E-state index in [1.807, 2.05) is 0 Å². The van der Waals surface area contributed by atoms with Crippen molar-refractivity contribution in [3.8, 4) is 0 Å². The highest BCUT2D eigenvalue weighted by Crippen LogP contribution is 2.57. The molecule has 0 aromatic rings. The summed E-state index contributed by atoms with van der Waals surface area (Å²) in [7, 11) is 0. The van der Waals surface area contributed by atoms with Crippen molar-refractivity contribution in [1.29, 1.82) is 0 Å². The third-order valence-corrected chi connectivity index (χ3v) is 7.56. The minimum atomic E-state index is 0.601. The molecule has 1 heterocycles. The van der Waals surface area contributed by atoms with Gasteiger partial charge in [-0.15, -0.1) is 23.5 Å². The van der Waals surface area contributed by atoms with Crippen LogP contribution in [0.25, 0.3) is 0 Å². The molecule has 1 saturated heterocycles. The highest BCUT2D eigenvalue weighted by Gasteiger charge is 2.45. The van der Waals surface area contributed by atoms with Crippen molar-refractivity contribution >= 4 is 23.5 Å². The van der Waals surface area contributed by atoms with Crippen LogP contribution >= 0.6 is 23.5 Å². The second-order valence-electron chi connectivity index (χ2n) is 5.60. The minimum Gasteiger partial charge on any atom is -0.144 e. The molecular weight excluding hydrogens is 220 g/mol. The molecule has 0 nitrogen and oxygen atoms in total. The highest BCUT2D eigenvalue weighted by atomic mass is 32.2. The van der Waals surface area contributed by atoms with Crippen molar-refractivity contribution in [2.24, 2.45) is 17.8 Å². The largest absolute Gasteiger partial charge is 0.144 e. The van der Waals surface area contributed by atoms with Gasteiger partial charge >= 0.3 is 0 Å². The molecule has 2 heteroatoms. The van der Waals surface area contributed by atoms with Gasteiger partial charge < -0.3 is 0 Å². The fourth-order valence-corrected chi connectivity index (χ4v) is 7.48. The van der Waals surface area contributed by atoms with Gasteiger partial charge in [-0.2, -0.15) is 0 Å². The Morgan fingerprint density at radius 3 is 2.40 bits per heavy atom. The summed E-state index contributed by atoms with van der Waals surface area (Å²) in [5.74, 6) is 5.60. The summed E-state index contributed by atoms with van der Waals surface area (Å²) in [6.45, 7) is 7.31. The van der Waals surface area contributed by atoms with Crippen molar-refractivity contribution in [3.05, 3.63) is 0 Å². The maximum atomic E-state index is 2.45. The van der Waals surface area contributed by atoms with Gasteiger partial charge in [-0.3, -0.25) is 0 Å². The van der Waals surface area contributed by atoms with Crippen LogP contribution in [-0.4, -0.2) is 15.6 Å². The minimum absolute atomic E-state index is 0.601. The zero-order chi connectivity index (χ0) is 10.9. The van der Waals surface area contributed by atoms with Crippen LogP contribution in [0.4, 0.5) is 0 Å². The molecule has 0 amide bonds. The molecule has 1 aliphatic carbocycles. The molecule has 1 aliphatic heterocycles. The van der Waals surface area contributed by atoms with Gasteiger partial charge in [0.25, 0.3) is 0 Å². The lowest BCUT2D eigenvalue weighted by Gasteiger charge is -2.49. The second-order valence-corrected chi connectivity index (χ2v) is 8.71. The quantitative estimate of drug-likeness (QED) is 0.659. The van der Waals surface area contributed by atoms with Gasteiger partial charge in [0.2, 0.25) is 0 Å². The molecule has 2 fully saturated rings. The van der Waals surface area contributed by atoms with Crippen molar-refractivity contribution in [2.45, 2.75) is 50.5 Å². The van der Waals surface area contributed by atoms with E-state index in [0.29, 0.717) is 4.08 Å². The Bertz CT molecular complexity index is 207. The molecule has 2 aliphatic rings. The SMILES string of the molecule is CC1CCC(C(C)C)C2(C1)SCCCS2. The van der Waals surface area contributed by atoms with Crippen LogP contribution < -0.4 is 0 Å². The smallest absolute Gasteiger partial charge is 0.0644 e. The summed E-state index contributed by atoms with van der Waals surface area (Å²) in [6, 6.07) is 0. The van der Waals surface area contributed by atoms with E-state index in [-0.39, 0.29) is 0 Å². The molecule has 2 unspecified atom stereocenters. The van der Waals surface area contributed by atoms with E-state index in [9.17, 15) is 0 Å². The van der Waals surface area contributed by atoms with E-state index in [2.05, 4.69) is 44.3 Å². The maximum absolute atomic E-state index is 2.45. The lowest BCUT2D eigenvalue weighted by Crippen LogP contribution is -2.42. The van der Waals surface area contributed by atoms with Gasteiger partial charge in [-0.05, 0) is 48.5 Å². The Morgan fingerprint density at radius 2 is 1.80 bits per heavy atom. The molecule has 0 radical (unpaired) electrons. The molecule has 1 saturated carbocycles. The van der Waals surface area contributed by atoms with Crippen LogP contribution in [0.1, 0.15) is 46.5 Å². The van der Waals surface area contributed by atoms with Gasteiger partial charge in [0.1, 0.15) is 0 Å². The van der Waals surface area contributed by atoms with Crippen LogP contribution in [0.3, 0.4) is 0 Å². The van der Waals surface area contributed by atoms with Gasteiger partial charge in [-0.25, -0.2) is 0 Å². The fraction of sp³-hybridized carbons (Fsp3) is 1.00. The van der Waals surface area contributed by atoms with Crippen molar-refractivity contribution in [3.63, 3.8) is 0 Å². The number of hydrogen-bond donors (Lipinski definition) is 0. The first-order chi connectivity index (χ1) is 7.14. The van der Waals surface area contributed by atoms with Gasteiger partial charge in [0, 0.05) is 0 Å². The molecule has 1 spiro atoms. The normalized spacial score (nSPS) is 36.0. The van der Waals surface area contributed by atoms with E-state index in [1.165, 1.54) is 37.2 Å². The summed E-state index contributed by atoms with van der Waals surface area (Å²) < 4.78 is 0.601. The van der Waals surface area contributed by atoms with E-state index >= 15 is 0 Å². The molecule has 0 aromatic heterocycles. The fourth-order valence-electron chi connectivity index (χ4n) is 3.19. The third-order valence-electron chi connectivity index (χ3n) is 3.95. The van der Waals surface area contributed by atoms with Gasteiger partial charge in [0.15, 0.2) is 0 Å². The number of hydrogen-bond acceptors (Lipinski definition) is 2. The van der Waals surface area contributed by atoms with Crippen LogP contribution in [0, 0.1) is 17.8 Å². The molecule has 0 bridgehead atoms. The highest BCUT2D eigenvalue weighted by molar-refractivity contribution is 8.18. The summed E-state index contributed by atoms with van der Waals surface area (Å²) in [5.41, 5.74) is 0. The first-order valence-electron chi connectivity index (χ1n) is 6.42. The summed E-state index contributed by atoms with van der Waals surface area (Å²) in [5, 5.41) is 0. The lowest BCUT2D eigenvalue weighted by molar-refractivity contribution is 0.226. The van der Waals surface area contributed by atoms with Crippen LogP contribution in [-0.2, 0) is 0 Å². The van der Waals surface area contributed by atoms with Gasteiger partial charge in [0.05, 0.1) is 4.08 Å². The number of thioether (sulfide) groups is 2. The Kier molecular flexibility index (Phi) is 3.98. The second kappa shape index (κ2) is 4.91. The molecule has 2 atom stereocenters. The molecule has 2 rings (SSSR count). The molecule has 88 valence electrons. The first kappa shape index (κ1) is 12.2. The third kappa shape index (κ3) is 2.52. The summed E-state index contributed by atoms with van der Waals surface area (Å²) >= 11 is 4.58. The van der Waals surface area contributed by atoms with Crippen molar-refractivity contribution < 1.29 is 0 Å². The predicted molar refractivity (Wildman–Crippen MR) is 73.6 cm³/mol. The van der Waals surface area contributed by atoms with Crippen molar-refractivity contribution in [2.75, 3.05) is 11.5 Å².